The van der Waals surface area contributed by atoms with Crippen LogP contribution in [0.4, 0.5) is 5.69 Å². The molecular formula is C21H22N2O3. The molecule has 1 heterocycles. The molecule has 2 saturated carbocycles. The van der Waals surface area contributed by atoms with Gasteiger partial charge in [-0.2, -0.15) is 0 Å². The molecule has 1 aromatic carbocycles. The Labute approximate surface area is 152 Å². The summed E-state index contributed by atoms with van der Waals surface area (Å²) in [7, 11) is 0. The average Bonchev–Trinajstić information content (AvgIpc) is 3.39. The number of hydrogen-bond acceptors (Lipinski definition) is 3. The number of allylic oxidation sites excluding steroid dienone is 2. The van der Waals surface area contributed by atoms with E-state index < -0.39 is 0 Å². The molecule has 0 aromatic heterocycles. The fourth-order valence-electron chi connectivity index (χ4n) is 5.38. The number of carbonyl (C=O) groups is 3. The van der Waals surface area contributed by atoms with Crippen molar-refractivity contribution in [3.05, 3.63) is 41.5 Å². The number of benzene rings is 1. The Kier molecular flexibility index (Phi) is 3.21. The van der Waals surface area contributed by atoms with Crippen LogP contribution in [0.3, 0.4) is 0 Å². The minimum atomic E-state index is -0.315. The van der Waals surface area contributed by atoms with Crippen molar-refractivity contribution in [1.29, 1.82) is 0 Å². The van der Waals surface area contributed by atoms with Gasteiger partial charge in [0.15, 0.2) is 0 Å². The Bertz CT molecular complexity index is 838. The van der Waals surface area contributed by atoms with Gasteiger partial charge < -0.3 is 5.32 Å². The van der Waals surface area contributed by atoms with Crippen molar-refractivity contribution in [3.63, 3.8) is 0 Å². The molecule has 3 fully saturated rings. The SMILES string of the molecule is Cc1ccc(C)c(NC(=O)CN2C(=O)[C@@H]3[C@H]4C=C[C@@H]([C@@H]5C[C@@H]45)[C@H]3C2=O)c1. The summed E-state index contributed by atoms with van der Waals surface area (Å²) in [5.41, 5.74) is 2.74. The van der Waals surface area contributed by atoms with Gasteiger partial charge in [0.1, 0.15) is 6.54 Å². The second-order valence-electron chi connectivity index (χ2n) is 8.28. The monoisotopic (exact) mass is 350 g/mol. The Hall–Kier alpha value is -2.43. The highest BCUT2D eigenvalue weighted by Crippen LogP contribution is 2.65. The Balaban J connectivity index is 1.34. The van der Waals surface area contributed by atoms with Gasteiger partial charge >= 0.3 is 0 Å². The average molecular weight is 350 g/mol. The van der Waals surface area contributed by atoms with Crippen LogP contribution in [0, 0.1) is 49.4 Å². The fraction of sp³-hybridized carbons (Fsp3) is 0.476. The molecule has 1 saturated heterocycles. The molecule has 26 heavy (non-hydrogen) atoms. The maximum atomic E-state index is 12.9. The first kappa shape index (κ1) is 15.8. The van der Waals surface area contributed by atoms with Gasteiger partial charge in [-0.3, -0.25) is 19.3 Å². The van der Waals surface area contributed by atoms with Crippen LogP contribution in [0.25, 0.3) is 0 Å². The molecular weight excluding hydrogens is 328 g/mol. The normalized spacial score (nSPS) is 36.2. The second-order valence-corrected chi connectivity index (χ2v) is 8.28. The lowest BCUT2D eigenvalue weighted by Gasteiger charge is -2.37. The number of imide groups is 1. The summed E-state index contributed by atoms with van der Waals surface area (Å²) in [5, 5.41) is 2.86. The van der Waals surface area contributed by atoms with Gasteiger partial charge in [0, 0.05) is 5.69 Å². The number of likely N-dealkylation sites (tertiary alicyclic amines) is 1. The summed E-state index contributed by atoms with van der Waals surface area (Å²) in [5.74, 6) is 0.436. The third-order valence-electron chi connectivity index (χ3n) is 6.72. The van der Waals surface area contributed by atoms with E-state index in [4.69, 9.17) is 0 Å². The first-order chi connectivity index (χ1) is 12.5. The van der Waals surface area contributed by atoms with Crippen LogP contribution in [0.5, 0.6) is 0 Å². The molecule has 5 heteroatoms. The summed E-state index contributed by atoms with van der Waals surface area (Å²) in [6.45, 7) is 3.69. The molecule has 6 atom stereocenters. The van der Waals surface area contributed by atoms with E-state index in [9.17, 15) is 14.4 Å². The molecule has 6 rings (SSSR count). The van der Waals surface area contributed by atoms with Gasteiger partial charge in [0.2, 0.25) is 17.7 Å². The highest BCUT2D eigenvalue weighted by atomic mass is 16.2. The molecule has 1 N–H and O–H groups in total. The largest absolute Gasteiger partial charge is 0.324 e. The van der Waals surface area contributed by atoms with Gasteiger partial charge in [0.05, 0.1) is 11.8 Å². The van der Waals surface area contributed by atoms with Gasteiger partial charge in [-0.05, 0) is 61.1 Å². The topological polar surface area (TPSA) is 66.5 Å². The van der Waals surface area contributed by atoms with Crippen LogP contribution in [0.15, 0.2) is 30.4 Å². The molecule has 1 aliphatic heterocycles. The predicted molar refractivity (Wildman–Crippen MR) is 96.0 cm³/mol. The molecule has 1 aromatic rings. The summed E-state index contributed by atoms with van der Waals surface area (Å²) >= 11 is 0. The zero-order valence-electron chi connectivity index (χ0n) is 14.9. The molecule has 0 spiro atoms. The number of nitrogens with zero attached hydrogens (tertiary/aromatic N) is 1. The number of carbonyl (C=O) groups excluding carboxylic acids is 3. The van der Waals surface area contributed by atoms with Crippen LogP contribution >= 0.6 is 0 Å². The molecule has 0 unspecified atom stereocenters. The lowest BCUT2D eigenvalue weighted by Crippen LogP contribution is -2.40. The number of amides is 3. The quantitative estimate of drug-likeness (QED) is 0.672. The first-order valence-corrected chi connectivity index (χ1v) is 9.36. The maximum absolute atomic E-state index is 12.9. The van der Waals surface area contributed by atoms with Crippen LogP contribution in [-0.4, -0.2) is 29.2 Å². The zero-order chi connectivity index (χ0) is 18.2. The minimum absolute atomic E-state index is 0.152. The number of nitrogens with one attached hydrogen (secondary N) is 1. The molecule has 5 nitrogen and oxygen atoms in total. The molecule has 0 radical (unpaired) electrons. The van der Waals surface area contributed by atoms with Crippen LogP contribution in [0.1, 0.15) is 17.5 Å². The Morgan fingerprint density at radius 3 is 2.31 bits per heavy atom. The summed E-state index contributed by atoms with van der Waals surface area (Å²) in [6, 6.07) is 5.83. The predicted octanol–water partition coefficient (Wildman–Crippen LogP) is 2.30. The van der Waals surface area contributed by atoms with E-state index >= 15 is 0 Å². The van der Waals surface area contributed by atoms with E-state index in [1.165, 1.54) is 4.90 Å². The Morgan fingerprint density at radius 1 is 1.08 bits per heavy atom. The highest BCUT2D eigenvalue weighted by molar-refractivity contribution is 6.09. The van der Waals surface area contributed by atoms with E-state index in [0.717, 1.165) is 23.2 Å². The van der Waals surface area contributed by atoms with E-state index in [1.54, 1.807) is 0 Å². The first-order valence-electron chi connectivity index (χ1n) is 9.36. The van der Waals surface area contributed by atoms with Gasteiger partial charge in [-0.1, -0.05) is 24.3 Å². The third-order valence-corrected chi connectivity index (χ3v) is 6.72. The van der Waals surface area contributed by atoms with Crippen molar-refractivity contribution in [3.8, 4) is 0 Å². The number of anilines is 1. The van der Waals surface area contributed by atoms with Crippen molar-refractivity contribution in [1.82, 2.24) is 4.90 Å². The van der Waals surface area contributed by atoms with Crippen molar-refractivity contribution in [2.24, 2.45) is 35.5 Å². The lowest BCUT2D eigenvalue weighted by molar-refractivity contribution is -0.142. The third kappa shape index (κ3) is 2.12. The number of hydrogen-bond donors (Lipinski definition) is 1. The maximum Gasteiger partial charge on any atom is 0.244 e. The van der Waals surface area contributed by atoms with E-state index in [2.05, 4.69) is 17.5 Å². The van der Waals surface area contributed by atoms with E-state index in [0.29, 0.717) is 11.8 Å². The van der Waals surface area contributed by atoms with Crippen LogP contribution < -0.4 is 5.32 Å². The van der Waals surface area contributed by atoms with Crippen LogP contribution in [0.2, 0.25) is 0 Å². The summed E-state index contributed by atoms with van der Waals surface area (Å²) < 4.78 is 0. The fourth-order valence-corrected chi connectivity index (χ4v) is 5.38. The summed E-state index contributed by atoms with van der Waals surface area (Å²) in [6.07, 6.45) is 5.43. The minimum Gasteiger partial charge on any atom is -0.324 e. The molecule has 3 amide bonds. The van der Waals surface area contributed by atoms with Crippen LogP contribution in [-0.2, 0) is 14.4 Å². The molecule has 134 valence electrons. The molecule has 4 aliphatic carbocycles. The number of aryl methyl sites for hydroxylation is 2. The molecule has 2 bridgehead atoms. The lowest BCUT2D eigenvalue weighted by atomic mass is 9.63. The zero-order valence-corrected chi connectivity index (χ0v) is 14.9. The van der Waals surface area contributed by atoms with Gasteiger partial charge in [-0.25, -0.2) is 0 Å². The van der Waals surface area contributed by atoms with Crippen molar-refractivity contribution < 1.29 is 14.4 Å². The highest BCUT2D eigenvalue weighted by Gasteiger charge is 2.67. The van der Waals surface area contributed by atoms with Gasteiger partial charge in [0.25, 0.3) is 0 Å². The van der Waals surface area contributed by atoms with Crippen molar-refractivity contribution in [2.45, 2.75) is 20.3 Å². The van der Waals surface area contributed by atoms with Crippen molar-refractivity contribution >= 4 is 23.4 Å². The second kappa shape index (κ2) is 5.29. The van der Waals surface area contributed by atoms with E-state index in [1.807, 2.05) is 32.0 Å². The molecule has 5 aliphatic rings. The van der Waals surface area contributed by atoms with Crippen molar-refractivity contribution in [2.75, 3.05) is 11.9 Å². The standard InChI is InChI=1S/C21H22N2O3/c1-10-3-4-11(2)16(7-10)22-17(24)9-23-20(25)18-12-5-6-13(15-8-14(12)15)19(18)21(23)26/h3-7,12-15,18-19H,8-9H2,1-2H3,(H,22,24)/t12-,13-,14-,15-,18+,19+/m0/s1. The number of rotatable bonds is 3. The van der Waals surface area contributed by atoms with E-state index in [-0.39, 0.29) is 47.9 Å². The smallest absolute Gasteiger partial charge is 0.244 e. The van der Waals surface area contributed by atoms with Gasteiger partial charge in [-0.15, -0.1) is 0 Å². The summed E-state index contributed by atoms with van der Waals surface area (Å²) in [4.78, 5) is 39.5. The Morgan fingerprint density at radius 2 is 1.69 bits per heavy atom.